The summed E-state index contributed by atoms with van der Waals surface area (Å²) in [7, 11) is -2.86. The van der Waals surface area contributed by atoms with Crippen molar-refractivity contribution < 1.29 is 13.2 Å². The van der Waals surface area contributed by atoms with Crippen molar-refractivity contribution in [2.24, 2.45) is 11.3 Å². The molecule has 1 rings (SSSR count). The Kier molecular flexibility index (Phi) is 6.27. The number of hydrogen-bond acceptors (Lipinski definition) is 4. The fourth-order valence-electron chi connectivity index (χ4n) is 3.07. The molecule has 0 aliphatic heterocycles. The average molecular weight is 291 g/mol. The number of nitrogens with one attached hydrogen (secondary N) is 1. The van der Waals surface area contributed by atoms with E-state index < -0.39 is 9.84 Å². The molecule has 1 aliphatic carbocycles. The highest BCUT2D eigenvalue weighted by Gasteiger charge is 2.32. The van der Waals surface area contributed by atoms with E-state index in [0.29, 0.717) is 24.7 Å². The van der Waals surface area contributed by atoms with E-state index in [9.17, 15) is 8.42 Å². The first-order valence-electron chi connectivity index (χ1n) is 7.18. The van der Waals surface area contributed by atoms with Crippen LogP contribution in [0.4, 0.5) is 0 Å². The van der Waals surface area contributed by atoms with Crippen LogP contribution in [0.3, 0.4) is 0 Å². The zero-order valence-corrected chi connectivity index (χ0v) is 13.6. The Bertz CT molecular complexity index is 365. The normalized spacial score (nSPS) is 27.4. The fourth-order valence-corrected chi connectivity index (χ4v) is 3.58. The molecule has 0 aromatic rings. The molecule has 5 heteroatoms. The van der Waals surface area contributed by atoms with E-state index in [-0.39, 0.29) is 5.75 Å². The minimum Gasteiger partial charge on any atom is -0.377 e. The zero-order valence-electron chi connectivity index (χ0n) is 12.7. The van der Waals surface area contributed by atoms with Crippen molar-refractivity contribution >= 4 is 9.84 Å². The standard InChI is InChI=1S/C14H29NO3S/c1-12-9-13(11-14(2,3)10-12)18-7-5-15-6-8-19(4,16)17/h12-13,15H,5-11H2,1-4H3. The van der Waals surface area contributed by atoms with Crippen molar-refractivity contribution in [3.8, 4) is 0 Å². The summed E-state index contributed by atoms with van der Waals surface area (Å²) in [6.45, 7) is 8.81. The van der Waals surface area contributed by atoms with Crippen LogP contribution in [0.2, 0.25) is 0 Å². The number of ether oxygens (including phenoxy) is 1. The summed E-state index contributed by atoms with van der Waals surface area (Å²) in [6, 6.07) is 0. The molecule has 1 aliphatic rings. The first-order valence-corrected chi connectivity index (χ1v) is 9.24. The topological polar surface area (TPSA) is 55.4 Å². The minimum absolute atomic E-state index is 0.195. The summed E-state index contributed by atoms with van der Waals surface area (Å²) < 4.78 is 27.8. The average Bonchev–Trinajstić information content (AvgIpc) is 2.18. The van der Waals surface area contributed by atoms with E-state index in [0.717, 1.165) is 25.3 Å². The van der Waals surface area contributed by atoms with Crippen LogP contribution in [0, 0.1) is 11.3 Å². The fraction of sp³-hybridized carbons (Fsp3) is 1.00. The predicted octanol–water partition coefficient (Wildman–Crippen LogP) is 1.85. The predicted molar refractivity (Wildman–Crippen MR) is 79.1 cm³/mol. The third-order valence-electron chi connectivity index (χ3n) is 3.63. The Morgan fingerprint density at radius 1 is 1.26 bits per heavy atom. The van der Waals surface area contributed by atoms with Gasteiger partial charge >= 0.3 is 0 Å². The third-order valence-corrected chi connectivity index (χ3v) is 4.57. The van der Waals surface area contributed by atoms with Crippen LogP contribution in [0.5, 0.6) is 0 Å². The number of sulfone groups is 1. The van der Waals surface area contributed by atoms with Crippen LogP contribution < -0.4 is 5.32 Å². The Hall–Kier alpha value is -0.130. The van der Waals surface area contributed by atoms with E-state index in [1.165, 1.54) is 12.7 Å². The second-order valence-electron chi connectivity index (χ2n) is 6.79. The molecule has 1 N–H and O–H groups in total. The molecular formula is C14H29NO3S. The highest BCUT2D eigenvalue weighted by molar-refractivity contribution is 7.90. The summed E-state index contributed by atoms with van der Waals surface area (Å²) in [4.78, 5) is 0. The highest BCUT2D eigenvalue weighted by Crippen LogP contribution is 2.39. The van der Waals surface area contributed by atoms with Gasteiger partial charge in [0.1, 0.15) is 9.84 Å². The summed E-state index contributed by atoms with van der Waals surface area (Å²) in [5.41, 5.74) is 0.381. The van der Waals surface area contributed by atoms with Crippen LogP contribution in [0.15, 0.2) is 0 Å². The molecule has 2 atom stereocenters. The van der Waals surface area contributed by atoms with E-state index >= 15 is 0 Å². The van der Waals surface area contributed by atoms with E-state index in [1.54, 1.807) is 0 Å². The van der Waals surface area contributed by atoms with Gasteiger partial charge < -0.3 is 10.1 Å². The van der Waals surface area contributed by atoms with Crippen molar-refractivity contribution in [1.82, 2.24) is 5.32 Å². The van der Waals surface area contributed by atoms with Crippen LogP contribution in [-0.4, -0.2) is 46.2 Å². The third kappa shape index (κ3) is 7.90. The van der Waals surface area contributed by atoms with Crippen molar-refractivity contribution in [2.45, 2.75) is 46.1 Å². The maximum Gasteiger partial charge on any atom is 0.148 e. The Morgan fingerprint density at radius 3 is 2.53 bits per heavy atom. The Labute approximate surface area is 118 Å². The molecule has 4 nitrogen and oxygen atoms in total. The van der Waals surface area contributed by atoms with Crippen LogP contribution in [0.1, 0.15) is 40.0 Å². The van der Waals surface area contributed by atoms with Crippen molar-refractivity contribution in [1.29, 1.82) is 0 Å². The Balaban J connectivity index is 2.12. The lowest BCUT2D eigenvalue weighted by Crippen LogP contribution is -2.34. The summed E-state index contributed by atoms with van der Waals surface area (Å²) in [5, 5.41) is 3.11. The van der Waals surface area contributed by atoms with Gasteiger partial charge in [-0.2, -0.15) is 0 Å². The number of hydrogen-bond donors (Lipinski definition) is 1. The van der Waals surface area contributed by atoms with E-state index in [1.807, 2.05) is 0 Å². The molecule has 0 saturated heterocycles. The van der Waals surface area contributed by atoms with Gasteiger partial charge in [0.2, 0.25) is 0 Å². The van der Waals surface area contributed by atoms with Crippen LogP contribution in [0.25, 0.3) is 0 Å². The molecule has 0 heterocycles. The van der Waals surface area contributed by atoms with Crippen molar-refractivity contribution in [2.75, 3.05) is 31.7 Å². The van der Waals surface area contributed by atoms with Gasteiger partial charge in [-0.05, 0) is 30.6 Å². The van der Waals surface area contributed by atoms with Gasteiger partial charge in [0.05, 0.1) is 18.5 Å². The summed E-state index contributed by atoms with van der Waals surface area (Å²) >= 11 is 0. The highest BCUT2D eigenvalue weighted by atomic mass is 32.2. The van der Waals surface area contributed by atoms with Gasteiger partial charge in [0, 0.05) is 19.3 Å². The zero-order chi connectivity index (χ0) is 14.5. The minimum atomic E-state index is -2.86. The maximum atomic E-state index is 10.9. The van der Waals surface area contributed by atoms with E-state index in [2.05, 4.69) is 26.1 Å². The monoisotopic (exact) mass is 291 g/mol. The molecule has 19 heavy (non-hydrogen) atoms. The Morgan fingerprint density at radius 2 is 1.95 bits per heavy atom. The van der Waals surface area contributed by atoms with Gasteiger partial charge in [-0.3, -0.25) is 0 Å². The molecular weight excluding hydrogens is 262 g/mol. The smallest absolute Gasteiger partial charge is 0.148 e. The van der Waals surface area contributed by atoms with Crippen molar-refractivity contribution in [3.63, 3.8) is 0 Å². The summed E-state index contributed by atoms with van der Waals surface area (Å²) in [6.07, 6.45) is 5.17. The van der Waals surface area contributed by atoms with Gasteiger partial charge in [-0.25, -0.2) is 8.42 Å². The second-order valence-corrected chi connectivity index (χ2v) is 9.05. The summed E-state index contributed by atoms with van der Waals surface area (Å²) in [5.74, 6) is 0.924. The molecule has 0 amide bonds. The first-order chi connectivity index (χ1) is 8.68. The van der Waals surface area contributed by atoms with Gasteiger partial charge in [0.15, 0.2) is 0 Å². The molecule has 1 saturated carbocycles. The molecule has 0 radical (unpaired) electrons. The lowest BCUT2D eigenvalue weighted by Gasteiger charge is -2.38. The SMILES string of the molecule is CC1CC(OCCNCCS(C)(=O)=O)CC(C)(C)C1. The second kappa shape index (κ2) is 7.04. The number of rotatable bonds is 7. The maximum absolute atomic E-state index is 10.9. The van der Waals surface area contributed by atoms with Gasteiger partial charge in [-0.15, -0.1) is 0 Å². The molecule has 0 spiro atoms. The molecule has 2 unspecified atom stereocenters. The molecule has 0 bridgehead atoms. The molecule has 114 valence electrons. The molecule has 0 aromatic carbocycles. The lowest BCUT2D eigenvalue weighted by atomic mass is 9.71. The molecule has 1 fully saturated rings. The van der Waals surface area contributed by atoms with Crippen molar-refractivity contribution in [3.05, 3.63) is 0 Å². The van der Waals surface area contributed by atoms with E-state index in [4.69, 9.17) is 4.74 Å². The molecule has 0 aromatic heterocycles. The largest absolute Gasteiger partial charge is 0.377 e. The van der Waals surface area contributed by atoms with Crippen LogP contribution in [-0.2, 0) is 14.6 Å². The quantitative estimate of drug-likeness (QED) is 0.727. The lowest BCUT2D eigenvalue weighted by molar-refractivity contribution is -0.0212. The van der Waals surface area contributed by atoms with Gasteiger partial charge in [0.25, 0.3) is 0 Å². The van der Waals surface area contributed by atoms with Crippen LogP contribution >= 0.6 is 0 Å². The first kappa shape index (κ1) is 16.9. The van der Waals surface area contributed by atoms with Gasteiger partial charge in [-0.1, -0.05) is 20.8 Å².